The standard InChI is InChI=1S/C8H8F2O2S/c1-5-3-4-6(12-5)7(11)8(9,10)13-2/h3-4H,1-2H3. The number of Topliss-reactive ketones (excluding diaryl/α,β-unsaturated/α-hetero) is 1. The Balaban J connectivity index is 2.91. The van der Waals surface area contributed by atoms with Gasteiger partial charge in [0.1, 0.15) is 5.76 Å². The molecule has 13 heavy (non-hydrogen) atoms. The SMILES string of the molecule is CSC(F)(F)C(=O)c1ccc(C)o1. The van der Waals surface area contributed by atoms with Gasteiger partial charge in [-0.25, -0.2) is 0 Å². The molecule has 0 aliphatic carbocycles. The van der Waals surface area contributed by atoms with E-state index in [-0.39, 0.29) is 17.5 Å². The zero-order valence-electron chi connectivity index (χ0n) is 7.14. The molecule has 5 heteroatoms. The molecule has 72 valence electrons. The van der Waals surface area contributed by atoms with Crippen LogP contribution in [-0.2, 0) is 0 Å². The van der Waals surface area contributed by atoms with Crippen molar-refractivity contribution in [2.45, 2.75) is 12.2 Å². The van der Waals surface area contributed by atoms with Crippen LogP contribution < -0.4 is 0 Å². The normalized spacial score (nSPS) is 11.7. The second-order valence-corrected chi connectivity index (χ2v) is 3.38. The summed E-state index contributed by atoms with van der Waals surface area (Å²) in [5.74, 6) is -1.13. The van der Waals surface area contributed by atoms with E-state index in [1.54, 1.807) is 6.92 Å². The number of hydrogen-bond donors (Lipinski definition) is 0. The van der Waals surface area contributed by atoms with Crippen molar-refractivity contribution in [1.29, 1.82) is 0 Å². The molecule has 1 aromatic heterocycles. The monoisotopic (exact) mass is 206 g/mol. The number of rotatable bonds is 3. The highest BCUT2D eigenvalue weighted by Gasteiger charge is 2.40. The van der Waals surface area contributed by atoms with Gasteiger partial charge in [-0.05, 0) is 25.3 Å². The van der Waals surface area contributed by atoms with Crippen LogP contribution in [0.1, 0.15) is 16.3 Å². The van der Waals surface area contributed by atoms with Crippen LogP contribution in [0.3, 0.4) is 0 Å². The number of aryl methyl sites for hydroxylation is 1. The predicted molar refractivity (Wildman–Crippen MR) is 46.2 cm³/mol. The zero-order valence-corrected chi connectivity index (χ0v) is 7.95. The third-order valence-corrected chi connectivity index (χ3v) is 2.18. The summed E-state index contributed by atoms with van der Waals surface area (Å²) in [6.45, 7) is 1.59. The number of halogens is 2. The number of ketones is 1. The van der Waals surface area contributed by atoms with Crippen LogP contribution in [0.2, 0.25) is 0 Å². The van der Waals surface area contributed by atoms with Gasteiger partial charge in [0.25, 0.3) is 5.78 Å². The number of carbonyl (C=O) groups excluding carboxylic acids is 1. The fourth-order valence-electron chi connectivity index (χ4n) is 0.793. The second kappa shape index (κ2) is 3.49. The molecule has 0 radical (unpaired) electrons. The molecular weight excluding hydrogens is 198 g/mol. The van der Waals surface area contributed by atoms with E-state index in [1.807, 2.05) is 0 Å². The predicted octanol–water partition coefficient (Wildman–Crippen LogP) is 2.73. The Bertz CT molecular complexity index is 320. The molecule has 0 bridgehead atoms. The third kappa shape index (κ3) is 2.09. The fourth-order valence-corrected chi connectivity index (χ4v) is 1.08. The molecule has 1 rings (SSSR count). The molecule has 0 saturated carbocycles. The minimum Gasteiger partial charge on any atom is -0.458 e. The van der Waals surface area contributed by atoms with E-state index < -0.39 is 11.0 Å². The van der Waals surface area contributed by atoms with Crippen LogP contribution in [-0.4, -0.2) is 17.3 Å². The Kier molecular flexibility index (Phi) is 2.75. The first-order valence-corrected chi connectivity index (χ1v) is 4.74. The lowest BCUT2D eigenvalue weighted by Gasteiger charge is -2.08. The third-order valence-electron chi connectivity index (χ3n) is 1.48. The highest BCUT2D eigenvalue weighted by atomic mass is 32.2. The summed E-state index contributed by atoms with van der Waals surface area (Å²) in [6.07, 6.45) is 1.17. The lowest BCUT2D eigenvalue weighted by Crippen LogP contribution is -2.23. The number of furan rings is 1. The van der Waals surface area contributed by atoms with Crippen molar-refractivity contribution in [2.75, 3.05) is 6.26 Å². The fraction of sp³-hybridized carbons (Fsp3) is 0.375. The van der Waals surface area contributed by atoms with Crippen molar-refractivity contribution in [3.63, 3.8) is 0 Å². The molecule has 0 aliphatic heterocycles. The van der Waals surface area contributed by atoms with Crippen LogP contribution in [0.4, 0.5) is 8.78 Å². The minimum atomic E-state index is -3.40. The summed E-state index contributed by atoms with van der Waals surface area (Å²) in [6, 6.07) is 2.73. The minimum absolute atomic E-state index is 0.196. The number of hydrogen-bond acceptors (Lipinski definition) is 3. The number of alkyl halides is 2. The first kappa shape index (κ1) is 10.2. The van der Waals surface area contributed by atoms with Crippen LogP contribution in [0.25, 0.3) is 0 Å². The molecule has 2 nitrogen and oxygen atoms in total. The smallest absolute Gasteiger partial charge is 0.358 e. The summed E-state index contributed by atoms with van der Waals surface area (Å²) in [4.78, 5) is 11.0. The molecule has 0 spiro atoms. The van der Waals surface area contributed by atoms with Gasteiger partial charge in [-0.1, -0.05) is 11.8 Å². The number of thioether (sulfide) groups is 1. The molecule has 0 aliphatic rings. The maximum absolute atomic E-state index is 12.8. The van der Waals surface area contributed by atoms with E-state index in [0.717, 1.165) is 0 Å². The van der Waals surface area contributed by atoms with Gasteiger partial charge in [-0.3, -0.25) is 4.79 Å². The quantitative estimate of drug-likeness (QED) is 0.712. The summed E-state index contributed by atoms with van der Waals surface area (Å²) < 4.78 is 30.4. The van der Waals surface area contributed by atoms with Gasteiger partial charge in [0.2, 0.25) is 0 Å². The summed E-state index contributed by atoms with van der Waals surface area (Å²) >= 11 is 0.196. The van der Waals surface area contributed by atoms with E-state index >= 15 is 0 Å². The van der Waals surface area contributed by atoms with Gasteiger partial charge in [0, 0.05) is 0 Å². The van der Waals surface area contributed by atoms with Gasteiger partial charge in [-0.15, -0.1) is 0 Å². The molecule has 0 unspecified atom stereocenters. The van der Waals surface area contributed by atoms with Gasteiger partial charge in [0.05, 0.1) is 0 Å². The Morgan fingerprint density at radius 2 is 2.15 bits per heavy atom. The topological polar surface area (TPSA) is 30.2 Å². The van der Waals surface area contributed by atoms with Crippen LogP contribution >= 0.6 is 11.8 Å². The van der Waals surface area contributed by atoms with Crippen molar-refractivity contribution in [3.8, 4) is 0 Å². The molecule has 1 heterocycles. The van der Waals surface area contributed by atoms with Crippen molar-refractivity contribution >= 4 is 17.5 Å². The average Bonchev–Trinajstić information content (AvgIpc) is 2.50. The first-order chi connectivity index (χ1) is 5.97. The summed E-state index contributed by atoms with van der Waals surface area (Å²) in [5, 5.41) is -3.40. The average molecular weight is 206 g/mol. The van der Waals surface area contributed by atoms with Crippen molar-refractivity contribution in [3.05, 3.63) is 23.7 Å². The van der Waals surface area contributed by atoms with Crippen LogP contribution in [0.5, 0.6) is 0 Å². The van der Waals surface area contributed by atoms with E-state index in [9.17, 15) is 13.6 Å². The Hall–Kier alpha value is -0.840. The van der Waals surface area contributed by atoms with Crippen molar-refractivity contribution < 1.29 is 18.0 Å². The van der Waals surface area contributed by atoms with Crippen LogP contribution in [0, 0.1) is 6.92 Å². The lowest BCUT2D eigenvalue weighted by molar-refractivity contribution is 0.0537. The lowest BCUT2D eigenvalue weighted by atomic mass is 10.3. The van der Waals surface area contributed by atoms with Crippen molar-refractivity contribution in [2.24, 2.45) is 0 Å². The van der Waals surface area contributed by atoms with Gasteiger partial charge >= 0.3 is 5.25 Å². The van der Waals surface area contributed by atoms with E-state index in [1.165, 1.54) is 18.4 Å². The molecule has 0 N–H and O–H groups in total. The molecular formula is C8H8F2O2S. The van der Waals surface area contributed by atoms with Gasteiger partial charge in [0.15, 0.2) is 5.76 Å². The zero-order chi connectivity index (χ0) is 10.1. The summed E-state index contributed by atoms with van der Waals surface area (Å²) in [5.41, 5.74) is 0. The Morgan fingerprint density at radius 3 is 2.54 bits per heavy atom. The number of carbonyl (C=O) groups is 1. The molecule has 0 aromatic carbocycles. The molecule has 0 amide bonds. The van der Waals surface area contributed by atoms with E-state index in [2.05, 4.69) is 0 Å². The van der Waals surface area contributed by atoms with Gasteiger partial charge < -0.3 is 4.42 Å². The van der Waals surface area contributed by atoms with Crippen molar-refractivity contribution in [1.82, 2.24) is 0 Å². The first-order valence-electron chi connectivity index (χ1n) is 3.51. The Labute approximate surface area is 78.3 Å². The summed E-state index contributed by atoms with van der Waals surface area (Å²) in [7, 11) is 0. The molecule has 0 fully saturated rings. The Morgan fingerprint density at radius 1 is 1.54 bits per heavy atom. The van der Waals surface area contributed by atoms with E-state index in [0.29, 0.717) is 5.76 Å². The largest absolute Gasteiger partial charge is 0.458 e. The second-order valence-electron chi connectivity index (χ2n) is 2.46. The van der Waals surface area contributed by atoms with E-state index in [4.69, 9.17) is 4.42 Å². The molecule has 1 aromatic rings. The highest BCUT2D eigenvalue weighted by molar-refractivity contribution is 8.00. The molecule has 0 saturated heterocycles. The van der Waals surface area contributed by atoms with Crippen LogP contribution in [0.15, 0.2) is 16.5 Å². The maximum Gasteiger partial charge on any atom is 0.358 e. The maximum atomic E-state index is 12.8. The molecule has 0 atom stereocenters. The highest BCUT2D eigenvalue weighted by Crippen LogP contribution is 2.30. The van der Waals surface area contributed by atoms with Gasteiger partial charge in [-0.2, -0.15) is 8.78 Å².